The van der Waals surface area contributed by atoms with Gasteiger partial charge in [0.2, 0.25) is 0 Å². The first-order valence-corrected chi connectivity index (χ1v) is 9.00. The molecule has 144 valence electrons. The molecule has 2 aromatic heterocycles. The molecule has 0 aliphatic carbocycles. The summed E-state index contributed by atoms with van der Waals surface area (Å²) in [6, 6.07) is 17.1. The van der Waals surface area contributed by atoms with Crippen molar-refractivity contribution in [2.75, 3.05) is 0 Å². The monoisotopic (exact) mass is 386 g/mol. The van der Waals surface area contributed by atoms with Crippen molar-refractivity contribution >= 4 is 11.9 Å². The zero-order valence-electron chi connectivity index (χ0n) is 15.6. The number of phenolic OH excluding ortho intramolecular Hbond substituents is 1. The van der Waals surface area contributed by atoms with Gasteiger partial charge in [-0.25, -0.2) is 4.79 Å². The largest absolute Gasteiger partial charge is 0.508 e. The summed E-state index contributed by atoms with van der Waals surface area (Å²) in [4.78, 5) is 27.7. The number of rotatable bonds is 5. The van der Waals surface area contributed by atoms with E-state index in [1.165, 1.54) is 10.6 Å². The van der Waals surface area contributed by atoms with Crippen molar-refractivity contribution in [3.63, 3.8) is 0 Å². The second-order valence-corrected chi connectivity index (χ2v) is 6.60. The lowest BCUT2D eigenvalue weighted by atomic mass is 10.1. The molecule has 29 heavy (non-hydrogen) atoms. The molecule has 0 unspecified atom stereocenters. The van der Waals surface area contributed by atoms with Crippen molar-refractivity contribution < 1.29 is 14.3 Å². The predicted molar refractivity (Wildman–Crippen MR) is 110 cm³/mol. The number of carbonyl (C=O) groups is 1. The summed E-state index contributed by atoms with van der Waals surface area (Å²) in [6.07, 6.45) is 4.71. The smallest absolute Gasteiger partial charge is 0.330 e. The summed E-state index contributed by atoms with van der Waals surface area (Å²) in [6.45, 7) is 1.83. The summed E-state index contributed by atoms with van der Waals surface area (Å²) in [5.74, 6) is 1.25. The lowest BCUT2D eigenvalue weighted by molar-refractivity contribution is 0.104. The molecule has 0 amide bonds. The highest BCUT2D eigenvalue weighted by Gasteiger charge is 2.11. The van der Waals surface area contributed by atoms with Crippen LogP contribution in [-0.2, 0) is 0 Å². The molecule has 4 aromatic rings. The number of carbonyl (C=O) groups excluding carboxylic acids is 1. The van der Waals surface area contributed by atoms with Crippen LogP contribution in [0.15, 0.2) is 82.1 Å². The van der Waals surface area contributed by atoms with E-state index in [4.69, 9.17) is 4.42 Å². The van der Waals surface area contributed by atoms with Crippen LogP contribution in [0.1, 0.15) is 21.7 Å². The van der Waals surface area contributed by atoms with Crippen LogP contribution in [-0.4, -0.2) is 20.4 Å². The Bertz CT molecular complexity index is 1270. The van der Waals surface area contributed by atoms with E-state index in [1.807, 2.05) is 13.0 Å². The number of benzene rings is 2. The first-order chi connectivity index (χ1) is 14.0. The van der Waals surface area contributed by atoms with Crippen molar-refractivity contribution in [2.45, 2.75) is 6.92 Å². The zero-order chi connectivity index (χ0) is 20.4. The lowest BCUT2D eigenvalue weighted by Gasteiger charge is -2.03. The lowest BCUT2D eigenvalue weighted by Crippen LogP contribution is -2.14. The van der Waals surface area contributed by atoms with E-state index in [0.29, 0.717) is 22.7 Å². The summed E-state index contributed by atoms with van der Waals surface area (Å²) in [5, 5.41) is 9.51. The van der Waals surface area contributed by atoms with E-state index in [0.717, 1.165) is 11.3 Å². The van der Waals surface area contributed by atoms with Crippen LogP contribution in [0.5, 0.6) is 5.75 Å². The standard InChI is InChI=1S/C23H18N2O4/c1-15-8-11-22(29-15)20-14-25(23(28)24-20)18-6-3-5-17(13-18)21(27)10-9-16-4-2-7-19(26)12-16/h2-14,26H,1H3,(H,24,28)/b10-9+. The Labute approximate surface area is 166 Å². The van der Waals surface area contributed by atoms with Crippen LogP contribution in [0.25, 0.3) is 23.2 Å². The summed E-state index contributed by atoms with van der Waals surface area (Å²) < 4.78 is 6.99. The molecule has 0 aliphatic rings. The molecule has 0 atom stereocenters. The topological polar surface area (TPSA) is 88.2 Å². The van der Waals surface area contributed by atoms with Gasteiger partial charge in [-0.1, -0.05) is 30.3 Å². The number of aryl methyl sites for hydroxylation is 1. The van der Waals surface area contributed by atoms with E-state index in [-0.39, 0.29) is 17.2 Å². The Morgan fingerprint density at radius 1 is 1.10 bits per heavy atom. The van der Waals surface area contributed by atoms with Crippen molar-refractivity contribution in [3.8, 4) is 22.9 Å². The number of imidazole rings is 1. The van der Waals surface area contributed by atoms with Gasteiger partial charge >= 0.3 is 5.69 Å². The van der Waals surface area contributed by atoms with Crippen LogP contribution >= 0.6 is 0 Å². The molecular weight excluding hydrogens is 368 g/mol. The second kappa shape index (κ2) is 7.52. The number of H-pyrrole nitrogens is 1. The quantitative estimate of drug-likeness (QED) is 0.395. The number of ketones is 1. The van der Waals surface area contributed by atoms with Crippen molar-refractivity contribution in [2.24, 2.45) is 0 Å². The first kappa shape index (κ1) is 18.3. The molecule has 2 aromatic carbocycles. The Morgan fingerprint density at radius 2 is 1.93 bits per heavy atom. The summed E-state index contributed by atoms with van der Waals surface area (Å²) >= 11 is 0. The number of phenols is 1. The predicted octanol–water partition coefficient (Wildman–Crippen LogP) is 4.34. The Morgan fingerprint density at radius 3 is 2.69 bits per heavy atom. The molecule has 2 heterocycles. The molecule has 2 N–H and O–H groups in total. The molecule has 0 radical (unpaired) electrons. The van der Waals surface area contributed by atoms with E-state index in [9.17, 15) is 14.7 Å². The van der Waals surface area contributed by atoms with Crippen molar-refractivity contribution in [1.82, 2.24) is 9.55 Å². The molecule has 0 spiro atoms. The Hall–Kier alpha value is -4.06. The van der Waals surface area contributed by atoms with Crippen molar-refractivity contribution in [3.05, 3.63) is 100 Å². The van der Waals surface area contributed by atoms with Crippen LogP contribution in [0.3, 0.4) is 0 Å². The van der Waals surface area contributed by atoms with Gasteiger partial charge in [-0.05, 0) is 55.0 Å². The number of hydrogen-bond acceptors (Lipinski definition) is 4. The third kappa shape index (κ3) is 3.96. The molecule has 0 fully saturated rings. The molecule has 0 bridgehead atoms. The average molecular weight is 386 g/mol. The highest BCUT2D eigenvalue weighted by Crippen LogP contribution is 2.20. The van der Waals surface area contributed by atoms with Crippen LogP contribution in [0.4, 0.5) is 0 Å². The van der Waals surface area contributed by atoms with Gasteiger partial charge in [0.15, 0.2) is 11.5 Å². The Kier molecular flexibility index (Phi) is 4.75. The number of hydrogen-bond donors (Lipinski definition) is 2. The number of allylic oxidation sites excluding steroid dienone is 1. The highest BCUT2D eigenvalue weighted by molar-refractivity contribution is 6.07. The van der Waals surface area contributed by atoms with E-state index < -0.39 is 0 Å². The number of nitrogens with zero attached hydrogens (tertiary/aromatic N) is 1. The van der Waals surface area contributed by atoms with Gasteiger partial charge in [-0.2, -0.15) is 0 Å². The van der Waals surface area contributed by atoms with Gasteiger partial charge in [0.25, 0.3) is 0 Å². The van der Waals surface area contributed by atoms with Gasteiger partial charge in [0.1, 0.15) is 17.2 Å². The minimum Gasteiger partial charge on any atom is -0.508 e. The average Bonchev–Trinajstić information content (AvgIpc) is 3.32. The molecule has 0 saturated carbocycles. The molecule has 6 nitrogen and oxygen atoms in total. The molecule has 0 saturated heterocycles. The van der Waals surface area contributed by atoms with Gasteiger partial charge in [0, 0.05) is 11.8 Å². The van der Waals surface area contributed by atoms with Crippen LogP contribution in [0, 0.1) is 6.92 Å². The third-order valence-corrected chi connectivity index (χ3v) is 4.43. The van der Waals surface area contributed by atoms with Gasteiger partial charge in [-0.15, -0.1) is 0 Å². The summed E-state index contributed by atoms with van der Waals surface area (Å²) in [5.41, 5.74) is 1.96. The van der Waals surface area contributed by atoms with Crippen molar-refractivity contribution in [1.29, 1.82) is 0 Å². The third-order valence-electron chi connectivity index (χ3n) is 4.43. The molecule has 6 heteroatoms. The summed E-state index contributed by atoms with van der Waals surface area (Å²) in [7, 11) is 0. The molecule has 4 rings (SSSR count). The van der Waals surface area contributed by atoms with Gasteiger partial charge < -0.3 is 14.5 Å². The molecule has 0 aliphatic heterocycles. The fourth-order valence-electron chi connectivity index (χ4n) is 3.00. The van der Waals surface area contributed by atoms with E-state index >= 15 is 0 Å². The van der Waals surface area contributed by atoms with Gasteiger partial charge in [-0.3, -0.25) is 9.36 Å². The Balaban J connectivity index is 1.61. The van der Waals surface area contributed by atoms with Crippen LogP contribution < -0.4 is 5.69 Å². The number of nitrogens with one attached hydrogen (secondary N) is 1. The maximum atomic E-state index is 12.5. The van der Waals surface area contributed by atoms with Crippen LogP contribution in [0.2, 0.25) is 0 Å². The normalized spacial score (nSPS) is 11.2. The van der Waals surface area contributed by atoms with Gasteiger partial charge in [0.05, 0.1) is 5.69 Å². The maximum Gasteiger partial charge on any atom is 0.330 e. The fraction of sp³-hybridized carbons (Fsp3) is 0.0435. The minimum absolute atomic E-state index is 0.135. The van der Waals surface area contributed by atoms with E-state index in [2.05, 4.69) is 4.98 Å². The number of aromatic amines is 1. The minimum atomic E-state index is -0.325. The maximum absolute atomic E-state index is 12.5. The number of aromatic nitrogens is 2. The zero-order valence-corrected chi connectivity index (χ0v) is 15.6. The highest BCUT2D eigenvalue weighted by atomic mass is 16.3. The second-order valence-electron chi connectivity index (χ2n) is 6.60. The van der Waals surface area contributed by atoms with E-state index in [1.54, 1.807) is 66.9 Å². The fourth-order valence-corrected chi connectivity index (χ4v) is 3.00. The first-order valence-electron chi connectivity index (χ1n) is 9.00. The SMILES string of the molecule is Cc1ccc(-c2cn(-c3cccc(C(=O)/C=C/c4cccc(O)c4)c3)c(=O)[nH]2)o1. The number of furan rings is 1. The number of aromatic hydroxyl groups is 1. The molecular formula is C23H18N2O4.